The van der Waals surface area contributed by atoms with E-state index in [-0.39, 0.29) is 16.9 Å². The Balaban J connectivity index is 2.41. The fourth-order valence-corrected chi connectivity index (χ4v) is 4.80. The first-order chi connectivity index (χ1) is 9.19. The van der Waals surface area contributed by atoms with Crippen LogP contribution in [0.25, 0.3) is 0 Å². The maximum atomic E-state index is 13.8. The van der Waals surface area contributed by atoms with E-state index in [4.69, 9.17) is 5.73 Å². The summed E-state index contributed by atoms with van der Waals surface area (Å²) in [5, 5.41) is 0. The number of rotatable bonds is 5. The van der Waals surface area contributed by atoms with Crippen LogP contribution in [0, 0.1) is 17.6 Å². The molecule has 0 spiro atoms. The molecular weight excluding hydrogens is 354 g/mol. The lowest BCUT2D eigenvalue weighted by molar-refractivity contribution is 0.373. The summed E-state index contributed by atoms with van der Waals surface area (Å²) in [4.78, 5) is -0.598. The molecule has 4 nitrogen and oxygen atoms in total. The topological polar surface area (TPSA) is 72.2 Å². The lowest BCUT2D eigenvalue weighted by atomic mass is 9.98. The zero-order valence-electron chi connectivity index (χ0n) is 10.8. The van der Waals surface area contributed by atoms with Crippen molar-refractivity contribution in [2.45, 2.75) is 30.2 Å². The lowest BCUT2D eigenvalue weighted by Gasteiger charge is -2.29. The van der Waals surface area contributed by atoms with Gasteiger partial charge < -0.3 is 5.73 Å². The largest absolute Gasteiger partial charge is 0.329 e. The van der Waals surface area contributed by atoms with Gasteiger partial charge in [-0.3, -0.25) is 0 Å². The molecule has 1 aliphatic rings. The van der Waals surface area contributed by atoms with Crippen LogP contribution >= 0.6 is 15.9 Å². The minimum atomic E-state index is -4.13. The third kappa shape index (κ3) is 3.03. The summed E-state index contributed by atoms with van der Waals surface area (Å²) in [7, 11) is -4.13. The number of hydrogen-bond donors (Lipinski definition) is 2. The average molecular weight is 369 g/mol. The number of nitrogens with two attached hydrogens (primary N) is 1. The first kappa shape index (κ1) is 15.8. The predicted molar refractivity (Wildman–Crippen MR) is 74.6 cm³/mol. The number of benzene rings is 1. The zero-order chi connectivity index (χ0) is 15.1. The van der Waals surface area contributed by atoms with E-state index in [0.717, 1.165) is 18.9 Å². The van der Waals surface area contributed by atoms with E-state index >= 15 is 0 Å². The number of nitrogens with one attached hydrogen (secondary N) is 1. The van der Waals surface area contributed by atoms with Crippen molar-refractivity contribution in [3.63, 3.8) is 0 Å². The molecule has 1 aromatic rings. The van der Waals surface area contributed by atoms with Crippen LogP contribution < -0.4 is 10.5 Å². The highest BCUT2D eigenvalue weighted by Crippen LogP contribution is 2.40. The van der Waals surface area contributed by atoms with E-state index in [0.29, 0.717) is 6.07 Å². The molecule has 112 valence electrons. The molecule has 0 aliphatic heterocycles. The Labute approximate surface area is 124 Å². The van der Waals surface area contributed by atoms with Gasteiger partial charge in [0.2, 0.25) is 10.0 Å². The van der Waals surface area contributed by atoms with E-state index in [1.807, 2.05) is 0 Å². The Morgan fingerprint density at radius 3 is 2.50 bits per heavy atom. The smallest absolute Gasteiger partial charge is 0.245 e. The summed E-state index contributed by atoms with van der Waals surface area (Å²) in [5.74, 6) is -1.85. The molecule has 0 heterocycles. The molecule has 1 aliphatic carbocycles. The molecule has 0 bridgehead atoms. The average Bonchev–Trinajstić information content (AvgIpc) is 3.09. The first-order valence-corrected chi connectivity index (χ1v) is 8.36. The van der Waals surface area contributed by atoms with Crippen LogP contribution in [0.5, 0.6) is 0 Å². The van der Waals surface area contributed by atoms with Gasteiger partial charge in [0.1, 0.15) is 16.5 Å². The van der Waals surface area contributed by atoms with Crippen LogP contribution in [0.4, 0.5) is 8.78 Å². The molecule has 1 atom stereocenters. The van der Waals surface area contributed by atoms with Gasteiger partial charge in [0.05, 0.1) is 0 Å². The number of sulfonamides is 1. The molecule has 3 N–H and O–H groups in total. The van der Waals surface area contributed by atoms with Gasteiger partial charge >= 0.3 is 0 Å². The maximum Gasteiger partial charge on any atom is 0.245 e. The minimum Gasteiger partial charge on any atom is -0.329 e. The number of hydrogen-bond acceptors (Lipinski definition) is 3. The maximum absolute atomic E-state index is 13.8. The summed E-state index contributed by atoms with van der Waals surface area (Å²) in [6.07, 6.45) is 1.76. The summed E-state index contributed by atoms with van der Waals surface area (Å²) in [6, 6.07) is 1.45. The second kappa shape index (κ2) is 5.32. The van der Waals surface area contributed by atoms with E-state index in [2.05, 4.69) is 20.7 Å². The molecule has 1 unspecified atom stereocenters. The summed E-state index contributed by atoms with van der Waals surface area (Å²) in [5.41, 5.74) is 4.82. The van der Waals surface area contributed by atoms with Gasteiger partial charge in [-0.05, 0) is 47.7 Å². The Bertz CT molecular complexity index is 611. The zero-order valence-corrected chi connectivity index (χ0v) is 13.2. The first-order valence-electron chi connectivity index (χ1n) is 6.08. The molecule has 1 aromatic carbocycles. The molecule has 0 aromatic heterocycles. The second-order valence-electron chi connectivity index (χ2n) is 5.20. The Kier molecular flexibility index (Phi) is 4.21. The highest BCUT2D eigenvalue weighted by atomic mass is 79.9. The summed E-state index contributed by atoms with van der Waals surface area (Å²) < 4.78 is 53.8. The van der Waals surface area contributed by atoms with E-state index in [1.54, 1.807) is 6.92 Å². The quantitative estimate of drug-likeness (QED) is 0.835. The van der Waals surface area contributed by atoms with Crippen LogP contribution in [-0.4, -0.2) is 20.5 Å². The van der Waals surface area contributed by atoms with Crippen LogP contribution in [-0.2, 0) is 10.0 Å². The van der Waals surface area contributed by atoms with Gasteiger partial charge in [0, 0.05) is 22.6 Å². The van der Waals surface area contributed by atoms with Crippen LogP contribution in [0.3, 0.4) is 0 Å². The third-order valence-corrected chi connectivity index (χ3v) is 6.08. The second-order valence-corrected chi connectivity index (χ2v) is 7.67. The number of halogens is 3. The normalized spacial score (nSPS) is 18.9. The van der Waals surface area contributed by atoms with Crippen molar-refractivity contribution >= 4 is 26.0 Å². The molecule has 1 fully saturated rings. The van der Waals surface area contributed by atoms with Gasteiger partial charge in [-0.1, -0.05) is 0 Å². The van der Waals surface area contributed by atoms with Gasteiger partial charge in [0.25, 0.3) is 0 Å². The molecular formula is C12H15BrF2N2O2S. The molecule has 2 rings (SSSR count). The standard InChI is InChI=1S/C12H15BrF2N2O2S/c1-12(6-16,7-2-3-7)17-20(18,19)11-9(13)4-8(14)5-10(11)15/h4-5,7,17H,2-3,6,16H2,1H3. The van der Waals surface area contributed by atoms with Crippen molar-refractivity contribution < 1.29 is 17.2 Å². The monoisotopic (exact) mass is 368 g/mol. The van der Waals surface area contributed by atoms with Gasteiger partial charge in [-0.2, -0.15) is 0 Å². The highest BCUT2D eigenvalue weighted by molar-refractivity contribution is 9.10. The van der Waals surface area contributed by atoms with Crippen molar-refractivity contribution in [2.75, 3.05) is 6.54 Å². The van der Waals surface area contributed by atoms with Crippen LogP contribution in [0.2, 0.25) is 0 Å². The Hall–Kier alpha value is -0.570. The van der Waals surface area contributed by atoms with Crippen molar-refractivity contribution in [1.29, 1.82) is 0 Å². The van der Waals surface area contributed by atoms with Crippen molar-refractivity contribution in [3.05, 3.63) is 28.2 Å². The third-order valence-electron chi connectivity index (χ3n) is 3.50. The molecule has 20 heavy (non-hydrogen) atoms. The molecule has 1 saturated carbocycles. The van der Waals surface area contributed by atoms with E-state index in [9.17, 15) is 17.2 Å². The fourth-order valence-electron chi connectivity index (χ4n) is 2.16. The minimum absolute atomic E-state index is 0.108. The fraction of sp³-hybridized carbons (Fsp3) is 0.500. The molecule has 0 saturated heterocycles. The summed E-state index contributed by atoms with van der Waals surface area (Å²) in [6.45, 7) is 1.80. The van der Waals surface area contributed by atoms with Crippen molar-refractivity contribution in [2.24, 2.45) is 11.7 Å². The van der Waals surface area contributed by atoms with Gasteiger partial charge in [-0.15, -0.1) is 0 Å². The van der Waals surface area contributed by atoms with Crippen LogP contribution in [0.1, 0.15) is 19.8 Å². The van der Waals surface area contributed by atoms with E-state index < -0.39 is 32.1 Å². The van der Waals surface area contributed by atoms with Crippen molar-refractivity contribution in [3.8, 4) is 0 Å². The lowest BCUT2D eigenvalue weighted by Crippen LogP contribution is -2.53. The van der Waals surface area contributed by atoms with Gasteiger partial charge in [-0.25, -0.2) is 21.9 Å². The Morgan fingerprint density at radius 1 is 1.45 bits per heavy atom. The summed E-state index contributed by atoms with van der Waals surface area (Å²) >= 11 is 2.89. The van der Waals surface area contributed by atoms with Crippen LogP contribution in [0.15, 0.2) is 21.5 Å². The molecule has 0 amide bonds. The molecule has 0 radical (unpaired) electrons. The Morgan fingerprint density at radius 2 is 2.05 bits per heavy atom. The molecule has 8 heteroatoms. The van der Waals surface area contributed by atoms with Crippen molar-refractivity contribution in [1.82, 2.24) is 4.72 Å². The van der Waals surface area contributed by atoms with Gasteiger partial charge in [0.15, 0.2) is 0 Å². The van der Waals surface area contributed by atoms with E-state index in [1.165, 1.54) is 0 Å². The predicted octanol–water partition coefficient (Wildman–Crippen LogP) is 2.13. The highest BCUT2D eigenvalue weighted by Gasteiger charge is 2.44. The SMILES string of the molecule is CC(CN)(NS(=O)(=O)c1c(F)cc(F)cc1Br)C1CC1.